The highest BCUT2D eigenvalue weighted by Gasteiger charge is 2.36. The molecule has 2 aromatic carbocycles. The van der Waals surface area contributed by atoms with Crippen LogP contribution in [0.3, 0.4) is 0 Å². The topological polar surface area (TPSA) is 97.4 Å². The monoisotopic (exact) mass is 453 g/mol. The Morgan fingerprint density at radius 3 is 2.27 bits per heavy atom. The van der Waals surface area contributed by atoms with E-state index in [9.17, 15) is 14.4 Å². The number of carbonyl (C=O) groups is 3. The first kappa shape index (κ1) is 22.8. The number of fused-ring (bicyclic) bond motifs is 1. The quantitative estimate of drug-likeness (QED) is 0.637. The number of rotatable bonds is 7. The number of hydrogen-bond acceptors (Lipinski definition) is 8. The van der Waals surface area contributed by atoms with Crippen LogP contribution in [0.25, 0.3) is 0 Å². The van der Waals surface area contributed by atoms with Gasteiger partial charge in [0.2, 0.25) is 0 Å². The summed E-state index contributed by atoms with van der Waals surface area (Å²) in [6.45, 7) is 4.27. The van der Waals surface area contributed by atoms with E-state index in [1.807, 2.05) is 24.3 Å². The highest BCUT2D eigenvalue weighted by molar-refractivity contribution is 6.00. The molecule has 174 valence electrons. The molecule has 4 rings (SSSR count). The number of amides is 1. The van der Waals surface area contributed by atoms with Crippen molar-refractivity contribution in [3.8, 4) is 0 Å². The minimum atomic E-state index is -0.573. The van der Waals surface area contributed by atoms with E-state index < -0.39 is 18.1 Å². The number of anilines is 1. The third-order valence-electron chi connectivity index (χ3n) is 5.90. The number of carbonyl (C=O) groups excluding carboxylic acids is 3. The fourth-order valence-corrected chi connectivity index (χ4v) is 4.17. The molecule has 0 aliphatic carbocycles. The Morgan fingerprint density at radius 1 is 1.00 bits per heavy atom. The van der Waals surface area contributed by atoms with Crippen LogP contribution < -0.4 is 5.32 Å². The van der Waals surface area contributed by atoms with Crippen molar-refractivity contribution in [1.29, 1.82) is 0 Å². The van der Waals surface area contributed by atoms with Crippen LogP contribution in [0.4, 0.5) is 5.69 Å². The van der Waals surface area contributed by atoms with Gasteiger partial charge < -0.3 is 24.4 Å². The third kappa shape index (κ3) is 4.84. The van der Waals surface area contributed by atoms with Crippen molar-refractivity contribution in [2.75, 3.05) is 58.9 Å². The standard InChI is InChI=1S/C24H27N3O6/c1-31-23(29)16-13-17(24(30)32-2)15-18(14-16)25-21-19-5-3-4-6-20(19)22(28)27(21)8-7-26-9-11-33-12-10-26/h3-6,13-15,21,25H,7-12H2,1-2H3/t21-/m0/s1. The molecule has 0 unspecified atom stereocenters. The van der Waals surface area contributed by atoms with E-state index >= 15 is 0 Å². The molecular formula is C24H27N3O6. The smallest absolute Gasteiger partial charge is 0.337 e. The predicted molar refractivity (Wildman–Crippen MR) is 120 cm³/mol. The van der Waals surface area contributed by atoms with Gasteiger partial charge in [0.25, 0.3) is 5.91 Å². The van der Waals surface area contributed by atoms with Gasteiger partial charge in [0.1, 0.15) is 6.17 Å². The second-order valence-electron chi connectivity index (χ2n) is 7.87. The summed E-state index contributed by atoms with van der Waals surface area (Å²) in [4.78, 5) is 41.6. The summed E-state index contributed by atoms with van der Waals surface area (Å²) in [6.07, 6.45) is -0.451. The molecule has 1 N–H and O–H groups in total. The molecule has 0 aromatic heterocycles. The average Bonchev–Trinajstić information content (AvgIpc) is 3.12. The van der Waals surface area contributed by atoms with Crippen LogP contribution in [-0.4, -0.2) is 81.3 Å². The van der Waals surface area contributed by atoms with Crippen LogP contribution in [0.2, 0.25) is 0 Å². The first-order valence-electron chi connectivity index (χ1n) is 10.8. The van der Waals surface area contributed by atoms with Crippen LogP contribution in [0.1, 0.15) is 42.8 Å². The Balaban J connectivity index is 1.63. The highest BCUT2D eigenvalue weighted by atomic mass is 16.5. The van der Waals surface area contributed by atoms with Crippen molar-refractivity contribution >= 4 is 23.5 Å². The van der Waals surface area contributed by atoms with Crippen molar-refractivity contribution in [3.05, 3.63) is 64.7 Å². The highest BCUT2D eigenvalue weighted by Crippen LogP contribution is 2.34. The zero-order chi connectivity index (χ0) is 23.4. The predicted octanol–water partition coefficient (Wildman–Crippen LogP) is 2.16. The lowest BCUT2D eigenvalue weighted by Crippen LogP contribution is -2.43. The maximum Gasteiger partial charge on any atom is 0.337 e. The van der Waals surface area contributed by atoms with E-state index in [1.165, 1.54) is 20.3 Å². The molecule has 9 nitrogen and oxygen atoms in total. The van der Waals surface area contributed by atoms with Crippen molar-refractivity contribution in [2.45, 2.75) is 6.17 Å². The molecule has 1 atom stereocenters. The summed E-state index contributed by atoms with van der Waals surface area (Å²) < 4.78 is 15.1. The average molecular weight is 453 g/mol. The normalized spacial score (nSPS) is 18.1. The molecule has 0 bridgehead atoms. The number of nitrogens with one attached hydrogen (secondary N) is 1. The summed E-state index contributed by atoms with van der Waals surface area (Å²) >= 11 is 0. The van der Waals surface area contributed by atoms with Crippen LogP contribution in [0.5, 0.6) is 0 Å². The largest absolute Gasteiger partial charge is 0.465 e. The lowest BCUT2D eigenvalue weighted by molar-refractivity contribution is 0.0314. The zero-order valence-electron chi connectivity index (χ0n) is 18.7. The molecule has 2 aliphatic heterocycles. The Labute approximate surface area is 192 Å². The number of benzene rings is 2. The van der Waals surface area contributed by atoms with Gasteiger partial charge in [-0.1, -0.05) is 18.2 Å². The maximum absolute atomic E-state index is 13.2. The molecule has 1 fully saturated rings. The second-order valence-corrected chi connectivity index (χ2v) is 7.87. The van der Waals surface area contributed by atoms with Crippen LogP contribution in [-0.2, 0) is 14.2 Å². The molecular weight excluding hydrogens is 426 g/mol. The Kier molecular flexibility index (Phi) is 6.90. The van der Waals surface area contributed by atoms with Crippen LogP contribution in [0, 0.1) is 0 Å². The SMILES string of the molecule is COC(=O)c1cc(N[C@@H]2c3ccccc3C(=O)N2CCN2CCOCC2)cc(C(=O)OC)c1. The molecule has 0 radical (unpaired) electrons. The summed E-state index contributed by atoms with van der Waals surface area (Å²) in [6, 6.07) is 12.1. The fourth-order valence-electron chi connectivity index (χ4n) is 4.17. The zero-order valence-corrected chi connectivity index (χ0v) is 18.7. The fraction of sp³-hybridized carbons (Fsp3) is 0.375. The van der Waals surface area contributed by atoms with E-state index in [1.54, 1.807) is 17.0 Å². The lowest BCUT2D eigenvalue weighted by atomic mass is 10.1. The first-order chi connectivity index (χ1) is 16.0. The van der Waals surface area contributed by atoms with Crippen molar-refractivity contribution in [2.24, 2.45) is 0 Å². The summed E-state index contributed by atoms with van der Waals surface area (Å²) in [5.74, 6) is -1.21. The lowest BCUT2D eigenvalue weighted by Gasteiger charge is -2.32. The minimum absolute atomic E-state index is 0.0614. The Bertz CT molecular complexity index is 1020. The van der Waals surface area contributed by atoms with Gasteiger partial charge in [0.05, 0.1) is 38.6 Å². The van der Waals surface area contributed by atoms with Gasteiger partial charge in [-0.05, 0) is 24.3 Å². The maximum atomic E-state index is 13.2. The number of methoxy groups -OCH3 is 2. The van der Waals surface area contributed by atoms with Gasteiger partial charge in [-0.25, -0.2) is 9.59 Å². The number of hydrogen-bond donors (Lipinski definition) is 1. The van der Waals surface area contributed by atoms with Crippen molar-refractivity contribution in [3.63, 3.8) is 0 Å². The number of morpholine rings is 1. The number of esters is 2. The molecule has 0 saturated carbocycles. The van der Waals surface area contributed by atoms with E-state index in [-0.39, 0.29) is 17.0 Å². The molecule has 33 heavy (non-hydrogen) atoms. The van der Waals surface area contributed by atoms with Crippen molar-refractivity contribution < 1.29 is 28.6 Å². The van der Waals surface area contributed by atoms with Gasteiger partial charge in [-0.3, -0.25) is 9.69 Å². The van der Waals surface area contributed by atoms with Crippen LogP contribution >= 0.6 is 0 Å². The summed E-state index contributed by atoms with van der Waals surface area (Å²) in [5, 5.41) is 3.35. The van der Waals surface area contributed by atoms with E-state index in [2.05, 4.69) is 10.2 Å². The molecule has 9 heteroatoms. The van der Waals surface area contributed by atoms with Crippen LogP contribution in [0.15, 0.2) is 42.5 Å². The second kappa shape index (κ2) is 10.0. The molecule has 2 aromatic rings. The summed E-state index contributed by atoms with van der Waals surface area (Å²) in [5.41, 5.74) is 2.40. The van der Waals surface area contributed by atoms with E-state index in [0.717, 1.165) is 25.2 Å². The van der Waals surface area contributed by atoms with Gasteiger partial charge >= 0.3 is 11.9 Å². The number of nitrogens with zero attached hydrogens (tertiary/aromatic N) is 2. The third-order valence-corrected chi connectivity index (χ3v) is 5.90. The van der Waals surface area contributed by atoms with E-state index in [0.29, 0.717) is 31.0 Å². The molecule has 1 saturated heterocycles. The van der Waals surface area contributed by atoms with E-state index in [4.69, 9.17) is 14.2 Å². The van der Waals surface area contributed by atoms with Gasteiger partial charge in [-0.2, -0.15) is 0 Å². The van der Waals surface area contributed by atoms with Crippen molar-refractivity contribution in [1.82, 2.24) is 9.80 Å². The van der Waals surface area contributed by atoms with Gasteiger partial charge in [0.15, 0.2) is 0 Å². The first-order valence-corrected chi connectivity index (χ1v) is 10.8. The Morgan fingerprint density at radius 2 is 1.64 bits per heavy atom. The summed E-state index contributed by atoms with van der Waals surface area (Å²) in [7, 11) is 2.55. The van der Waals surface area contributed by atoms with Gasteiger partial charge in [-0.15, -0.1) is 0 Å². The Hall–Kier alpha value is -3.43. The molecule has 2 heterocycles. The minimum Gasteiger partial charge on any atom is -0.465 e. The molecule has 2 aliphatic rings. The number of ether oxygens (including phenoxy) is 3. The molecule has 1 amide bonds. The van der Waals surface area contributed by atoms with Gasteiger partial charge in [0, 0.05) is 43.0 Å². The molecule has 0 spiro atoms.